The van der Waals surface area contributed by atoms with Gasteiger partial charge in [0.1, 0.15) is 0 Å². The average molecular weight is 412 g/mol. The molecule has 162 valence electrons. The fraction of sp³-hybridized carbons (Fsp3) is 0.889. The zero-order valence-electron chi connectivity index (χ0n) is 16.7. The van der Waals surface area contributed by atoms with Gasteiger partial charge in [0.25, 0.3) is 10.1 Å². The molecule has 2 atom stereocenters. The van der Waals surface area contributed by atoms with E-state index in [0.29, 0.717) is 19.3 Å². The van der Waals surface area contributed by atoms with Crippen molar-refractivity contribution < 1.29 is 32.8 Å². The number of hydrogen-bond donors (Lipinski definition) is 4. The standard InChI is InChI=1S/C18H34O7S.H3N/c1-3-5-7-9-11-13-15(16(19)20)18(17(21)22,26(23,24)25)14-12-10-8-6-4-2;/h15H,3-14H2,1-2H3,(H,19,20)(H,21,22)(H,23,24,25);1H3. The molecule has 0 aromatic heterocycles. The maximum absolute atomic E-state index is 12.0. The van der Waals surface area contributed by atoms with Crippen LogP contribution >= 0.6 is 0 Å². The molecule has 2 unspecified atom stereocenters. The summed E-state index contributed by atoms with van der Waals surface area (Å²) < 4.78 is 31.0. The first-order valence-electron chi connectivity index (χ1n) is 9.58. The lowest BCUT2D eigenvalue weighted by molar-refractivity contribution is -0.152. The van der Waals surface area contributed by atoms with Gasteiger partial charge in [-0.3, -0.25) is 14.1 Å². The predicted octanol–water partition coefficient (Wildman–Crippen LogP) is 4.28. The summed E-state index contributed by atoms with van der Waals surface area (Å²) in [5.41, 5.74) is 0. The van der Waals surface area contributed by atoms with Gasteiger partial charge >= 0.3 is 11.9 Å². The van der Waals surface area contributed by atoms with Crippen LogP contribution < -0.4 is 6.15 Å². The molecule has 0 saturated carbocycles. The molecule has 8 nitrogen and oxygen atoms in total. The monoisotopic (exact) mass is 411 g/mol. The minimum atomic E-state index is -5.09. The highest BCUT2D eigenvalue weighted by molar-refractivity contribution is 7.88. The van der Waals surface area contributed by atoms with E-state index < -0.39 is 39.1 Å². The second-order valence-electron chi connectivity index (χ2n) is 6.93. The van der Waals surface area contributed by atoms with Crippen molar-refractivity contribution in [3.05, 3.63) is 0 Å². The second-order valence-corrected chi connectivity index (χ2v) is 8.61. The van der Waals surface area contributed by atoms with Crippen LogP contribution in [0.25, 0.3) is 0 Å². The summed E-state index contributed by atoms with van der Waals surface area (Å²) in [5.74, 6) is -4.94. The van der Waals surface area contributed by atoms with Crippen molar-refractivity contribution in [2.24, 2.45) is 5.92 Å². The maximum Gasteiger partial charge on any atom is 0.328 e. The summed E-state index contributed by atoms with van der Waals surface area (Å²) in [6.07, 6.45) is 7.07. The average Bonchev–Trinajstić information content (AvgIpc) is 2.53. The summed E-state index contributed by atoms with van der Waals surface area (Å²) in [5, 5.41) is 19.1. The molecule has 27 heavy (non-hydrogen) atoms. The fourth-order valence-corrected chi connectivity index (χ4v) is 4.55. The largest absolute Gasteiger partial charge is 0.481 e. The fourth-order valence-electron chi connectivity index (χ4n) is 3.35. The summed E-state index contributed by atoms with van der Waals surface area (Å²) in [6, 6.07) is 0. The Morgan fingerprint density at radius 2 is 1.30 bits per heavy atom. The molecule has 0 aromatic rings. The number of unbranched alkanes of at least 4 members (excludes halogenated alkanes) is 8. The van der Waals surface area contributed by atoms with Crippen molar-refractivity contribution in [3.63, 3.8) is 0 Å². The molecule has 0 aliphatic rings. The van der Waals surface area contributed by atoms with Gasteiger partial charge in [-0.25, -0.2) is 0 Å². The van der Waals surface area contributed by atoms with E-state index in [1.165, 1.54) is 0 Å². The van der Waals surface area contributed by atoms with Gasteiger partial charge in [-0.1, -0.05) is 78.1 Å². The van der Waals surface area contributed by atoms with Crippen LogP contribution in [0.15, 0.2) is 0 Å². The molecule has 0 rings (SSSR count). The Hall–Kier alpha value is -1.19. The number of carbonyl (C=O) groups is 2. The van der Waals surface area contributed by atoms with Crippen LogP contribution in [0.4, 0.5) is 0 Å². The zero-order chi connectivity index (χ0) is 20.2. The minimum absolute atomic E-state index is 0. The highest BCUT2D eigenvalue weighted by Crippen LogP contribution is 2.36. The molecule has 0 heterocycles. The zero-order valence-corrected chi connectivity index (χ0v) is 17.5. The van der Waals surface area contributed by atoms with Gasteiger partial charge < -0.3 is 16.4 Å². The summed E-state index contributed by atoms with van der Waals surface area (Å²) in [7, 11) is -5.09. The highest BCUT2D eigenvalue weighted by atomic mass is 32.2. The van der Waals surface area contributed by atoms with Crippen molar-refractivity contribution in [3.8, 4) is 0 Å². The second kappa shape index (κ2) is 13.9. The van der Waals surface area contributed by atoms with Crippen LogP contribution in [-0.4, -0.2) is 39.9 Å². The van der Waals surface area contributed by atoms with Gasteiger partial charge in [-0.05, 0) is 12.8 Å². The van der Waals surface area contributed by atoms with Crippen molar-refractivity contribution >= 4 is 22.1 Å². The van der Waals surface area contributed by atoms with Gasteiger partial charge in [0.15, 0.2) is 0 Å². The predicted molar refractivity (Wildman–Crippen MR) is 105 cm³/mol. The molecule has 6 N–H and O–H groups in total. The van der Waals surface area contributed by atoms with E-state index in [-0.39, 0.29) is 19.0 Å². The Labute approximate surface area is 163 Å². The van der Waals surface area contributed by atoms with E-state index in [1.807, 2.05) is 13.8 Å². The van der Waals surface area contributed by atoms with E-state index in [1.54, 1.807) is 0 Å². The first kappa shape index (κ1) is 28.0. The van der Waals surface area contributed by atoms with E-state index in [4.69, 9.17) is 0 Å². The lowest BCUT2D eigenvalue weighted by atomic mass is 9.82. The number of carboxylic acid groups (broad SMARTS) is 2. The van der Waals surface area contributed by atoms with Crippen molar-refractivity contribution in [2.45, 2.75) is 95.6 Å². The Morgan fingerprint density at radius 3 is 1.67 bits per heavy atom. The third kappa shape index (κ3) is 8.57. The molecular weight excluding hydrogens is 374 g/mol. The lowest BCUT2D eigenvalue weighted by Crippen LogP contribution is -2.55. The highest BCUT2D eigenvalue weighted by Gasteiger charge is 2.58. The van der Waals surface area contributed by atoms with Gasteiger partial charge in [-0.2, -0.15) is 8.42 Å². The molecular formula is C18H37NO7S. The van der Waals surface area contributed by atoms with Crippen LogP contribution in [-0.2, 0) is 19.7 Å². The van der Waals surface area contributed by atoms with Crippen molar-refractivity contribution in [1.82, 2.24) is 6.15 Å². The quantitative estimate of drug-likeness (QED) is 0.216. The van der Waals surface area contributed by atoms with Gasteiger partial charge in [0, 0.05) is 0 Å². The van der Waals surface area contributed by atoms with Crippen LogP contribution in [0.1, 0.15) is 90.9 Å². The SMILES string of the molecule is CCCCCCCC(C(=O)O)C(CCCCCCC)(C(=O)O)S(=O)(=O)O.N. The Balaban J connectivity index is 0. The first-order valence-corrected chi connectivity index (χ1v) is 11.0. The molecule has 0 bridgehead atoms. The Morgan fingerprint density at radius 1 is 0.852 bits per heavy atom. The molecule has 0 aromatic carbocycles. The number of rotatable bonds is 16. The Kier molecular flexibility index (Phi) is 14.4. The van der Waals surface area contributed by atoms with Gasteiger partial charge in [0.2, 0.25) is 4.75 Å². The third-order valence-electron chi connectivity index (χ3n) is 4.93. The maximum atomic E-state index is 12.0. The number of aliphatic carboxylic acids is 2. The normalized spacial score (nSPS) is 14.8. The van der Waals surface area contributed by atoms with Crippen molar-refractivity contribution in [1.29, 1.82) is 0 Å². The molecule has 0 spiro atoms. The lowest BCUT2D eigenvalue weighted by Gasteiger charge is -2.32. The van der Waals surface area contributed by atoms with E-state index >= 15 is 0 Å². The van der Waals surface area contributed by atoms with Crippen LogP contribution in [0.3, 0.4) is 0 Å². The van der Waals surface area contributed by atoms with Gasteiger partial charge in [-0.15, -0.1) is 0 Å². The molecule has 0 aliphatic carbocycles. The van der Waals surface area contributed by atoms with E-state index in [0.717, 1.165) is 38.5 Å². The minimum Gasteiger partial charge on any atom is -0.481 e. The molecule has 0 radical (unpaired) electrons. The number of hydrogen-bond acceptors (Lipinski definition) is 5. The Bertz CT molecular complexity index is 536. The topological polar surface area (TPSA) is 164 Å². The smallest absolute Gasteiger partial charge is 0.328 e. The summed E-state index contributed by atoms with van der Waals surface area (Å²) >= 11 is 0. The summed E-state index contributed by atoms with van der Waals surface area (Å²) in [6.45, 7) is 4.05. The molecule has 0 saturated heterocycles. The van der Waals surface area contributed by atoms with Crippen LogP contribution in [0.2, 0.25) is 0 Å². The third-order valence-corrected chi connectivity index (χ3v) is 6.52. The number of carboxylic acids is 2. The van der Waals surface area contributed by atoms with E-state index in [2.05, 4.69) is 0 Å². The first-order chi connectivity index (χ1) is 12.1. The molecule has 0 aliphatic heterocycles. The van der Waals surface area contributed by atoms with Crippen molar-refractivity contribution in [2.75, 3.05) is 0 Å². The van der Waals surface area contributed by atoms with Gasteiger partial charge in [0.05, 0.1) is 5.92 Å². The molecule has 9 heteroatoms. The molecule has 0 amide bonds. The molecule has 0 fully saturated rings. The van der Waals surface area contributed by atoms with E-state index in [9.17, 15) is 32.8 Å². The van der Waals surface area contributed by atoms with Crippen LogP contribution in [0, 0.1) is 5.92 Å². The summed E-state index contributed by atoms with van der Waals surface area (Å²) in [4.78, 5) is 23.6. The van der Waals surface area contributed by atoms with Crippen LogP contribution in [0.5, 0.6) is 0 Å².